The van der Waals surface area contributed by atoms with E-state index in [0.717, 1.165) is 37.0 Å². The first kappa shape index (κ1) is 16.2. The first-order valence-corrected chi connectivity index (χ1v) is 8.71. The third kappa shape index (κ3) is 2.93. The largest absolute Gasteiger partial charge is 0.337 e. The number of nitrogens with zero attached hydrogens (tertiary/aromatic N) is 5. The Kier molecular flexibility index (Phi) is 4.03. The fourth-order valence-electron chi connectivity index (χ4n) is 3.57. The number of rotatable bonds is 4. The van der Waals surface area contributed by atoms with Crippen LogP contribution in [0.1, 0.15) is 37.8 Å². The second kappa shape index (κ2) is 6.22. The number of hydrogen-bond donors (Lipinski definition) is 0. The predicted octanol–water partition coefficient (Wildman–Crippen LogP) is 3.17. The first-order chi connectivity index (χ1) is 12.0. The molecule has 0 bridgehead atoms. The number of fused-ring (bicyclic) bond motifs is 1. The van der Waals surface area contributed by atoms with Gasteiger partial charge in [-0.3, -0.25) is 0 Å². The van der Waals surface area contributed by atoms with Crippen LogP contribution in [0.3, 0.4) is 0 Å². The summed E-state index contributed by atoms with van der Waals surface area (Å²) in [4.78, 5) is 6.77. The molecule has 1 unspecified atom stereocenters. The lowest BCUT2D eigenvalue weighted by Crippen LogP contribution is -2.15. The monoisotopic (exact) mass is 343 g/mol. The van der Waals surface area contributed by atoms with E-state index in [9.17, 15) is 4.39 Å². The molecule has 3 heterocycles. The summed E-state index contributed by atoms with van der Waals surface area (Å²) in [5.74, 6) is 1.24. The molecule has 132 valence electrons. The average molecular weight is 343 g/mol. The molecule has 4 rings (SSSR count). The van der Waals surface area contributed by atoms with Crippen molar-refractivity contribution in [3.63, 3.8) is 0 Å². The molecule has 0 N–H and O–H groups in total. The maximum Gasteiger partial charge on any atom is 0.291 e. The molecule has 25 heavy (non-hydrogen) atoms. The predicted molar refractivity (Wildman–Crippen MR) is 92.3 cm³/mol. The van der Waals surface area contributed by atoms with Gasteiger partial charge in [-0.25, -0.2) is 4.39 Å². The second-order valence-electron chi connectivity index (χ2n) is 7.20. The lowest BCUT2D eigenvalue weighted by molar-refractivity contribution is 0.342. The Morgan fingerprint density at radius 2 is 2.20 bits per heavy atom. The van der Waals surface area contributed by atoms with Gasteiger partial charge in [0.1, 0.15) is 11.3 Å². The Morgan fingerprint density at radius 3 is 2.92 bits per heavy atom. The highest BCUT2D eigenvalue weighted by atomic mass is 19.1. The number of aromatic nitrogens is 4. The summed E-state index contributed by atoms with van der Waals surface area (Å²) < 4.78 is 21.3. The third-order valence-corrected chi connectivity index (χ3v) is 4.83. The number of likely N-dealkylation sites (tertiary alicyclic amines) is 1. The van der Waals surface area contributed by atoms with Crippen LogP contribution in [-0.4, -0.2) is 45.0 Å². The molecule has 1 aliphatic rings. The van der Waals surface area contributed by atoms with Crippen LogP contribution in [0.25, 0.3) is 16.9 Å². The first-order valence-electron chi connectivity index (χ1n) is 8.71. The molecular formula is C18H22FN5O. The summed E-state index contributed by atoms with van der Waals surface area (Å²) in [6.45, 7) is 6.21. The van der Waals surface area contributed by atoms with Gasteiger partial charge in [0, 0.05) is 18.4 Å². The van der Waals surface area contributed by atoms with Gasteiger partial charge in [0.2, 0.25) is 5.89 Å². The van der Waals surface area contributed by atoms with E-state index in [2.05, 4.69) is 27.2 Å². The Bertz CT molecular complexity index is 900. The highest BCUT2D eigenvalue weighted by Gasteiger charge is 2.24. The summed E-state index contributed by atoms with van der Waals surface area (Å²) in [5, 5.41) is 9.40. The standard InChI is InChI=1S/C18H22FN5O/c1-11(2)16-13-5-4-6-14(19)17(13)24(21-16)18-20-15(25-22-18)9-12-7-8-23(3)10-12/h4-6,11-12H,7-10H2,1-3H3. The minimum absolute atomic E-state index is 0.172. The van der Waals surface area contributed by atoms with Crippen LogP contribution in [-0.2, 0) is 6.42 Å². The van der Waals surface area contributed by atoms with E-state index < -0.39 is 0 Å². The van der Waals surface area contributed by atoms with Crippen LogP contribution >= 0.6 is 0 Å². The van der Waals surface area contributed by atoms with Crippen molar-refractivity contribution in [2.24, 2.45) is 5.92 Å². The van der Waals surface area contributed by atoms with Crippen LogP contribution in [0.5, 0.6) is 0 Å². The molecule has 6 nitrogen and oxygen atoms in total. The number of halogens is 1. The fourth-order valence-corrected chi connectivity index (χ4v) is 3.57. The van der Waals surface area contributed by atoms with Crippen molar-refractivity contribution >= 4 is 10.9 Å². The number of hydrogen-bond acceptors (Lipinski definition) is 5. The van der Waals surface area contributed by atoms with Crippen LogP contribution in [0, 0.1) is 11.7 Å². The Morgan fingerprint density at radius 1 is 1.36 bits per heavy atom. The van der Waals surface area contributed by atoms with Gasteiger partial charge >= 0.3 is 0 Å². The van der Waals surface area contributed by atoms with Crippen LogP contribution in [0.4, 0.5) is 4.39 Å². The van der Waals surface area contributed by atoms with Gasteiger partial charge in [-0.15, -0.1) is 0 Å². The molecule has 3 aromatic rings. The maximum atomic E-state index is 14.4. The van der Waals surface area contributed by atoms with Gasteiger partial charge in [-0.2, -0.15) is 14.8 Å². The zero-order valence-electron chi connectivity index (χ0n) is 14.7. The smallest absolute Gasteiger partial charge is 0.291 e. The maximum absolute atomic E-state index is 14.4. The summed E-state index contributed by atoms with van der Waals surface area (Å²) >= 11 is 0. The van der Waals surface area contributed by atoms with Crippen molar-refractivity contribution in [2.75, 3.05) is 20.1 Å². The average Bonchev–Trinajstić information content (AvgIpc) is 3.26. The fraction of sp³-hybridized carbons (Fsp3) is 0.500. The van der Waals surface area contributed by atoms with Gasteiger partial charge < -0.3 is 9.42 Å². The minimum atomic E-state index is -0.333. The second-order valence-corrected chi connectivity index (χ2v) is 7.20. The molecule has 2 aromatic heterocycles. The van der Waals surface area contributed by atoms with Gasteiger partial charge in [0.05, 0.1) is 5.69 Å². The van der Waals surface area contributed by atoms with Crippen molar-refractivity contribution in [1.29, 1.82) is 0 Å². The zero-order valence-corrected chi connectivity index (χ0v) is 14.7. The molecule has 1 aromatic carbocycles. The molecule has 0 saturated carbocycles. The van der Waals surface area contributed by atoms with Crippen molar-refractivity contribution < 1.29 is 8.91 Å². The number of para-hydroxylation sites is 1. The Hall–Kier alpha value is -2.28. The third-order valence-electron chi connectivity index (χ3n) is 4.83. The van der Waals surface area contributed by atoms with Crippen molar-refractivity contribution in [3.05, 3.63) is 35.6 Å². The van der Waals surface area contributed by atoms with Crippen LogP contribution in [0.15, 0.2) is 22.7 Å². The van der Waals surface area contributed by atoms with Gasteiger partial charge in [0.25, 0.3) is 5.95 Å². The summed E-state index contributed by atoms with van der Waals surface area (Å²) in [6.07, 6.45) is 1.88. The highest BCUT2D eigenvalue weighted by Crippen LogP contribution is 2.28. The molecule has 1 fully saturated rings. The van der Waals surface area contributed by atoms with E-state index in [4.69, 9.17) is 4.52 Å². The van der Waals surface area contributed by atoms with Crippen molar-refractivity contribution in [1.82, 2.24) is 24.8 Å². The molecule has 1 atom stereocenters. The van der Waals surface area contributed by atoms with Crippen molar-refractivity contribution in [2.45, 2.75) is 32.6 Å². The van der Waals surface area contributed by atoms with Gasteiger partial charge in [-0.1, -0.05) is 26.0 Å². The lowest BCUT2D eigenvalue weighted by atomic mass is 10.1. The topological polar surface area (TPSA) is 60.0 Å². The molecule has 0 radical (unpaired) electrons. The Labute approximate surface area is 145 Å². The molecule has 7 heteroatoms. The van der Waals surface area contributed by atoms with E-state index in [1.807, 2.05) is 19.9 Å². The van der Waals surface area contributed by atoms with Crippen LogP contribution < -0.4 is 0 Å². The molecular weight excluding hydrogens is 321 g/mol. The SMILES string of the molecule is CC(C)c1nn(-c2noc(CC3CCN(C)C3)n2)c2c(F)cccc12. The van der Waals surface area contributed by atoms with Gasteiger partial charge in [0.15, 0.2) is 0 Å². The lowest BCUT2D eigenvalue weighted by Gasteiger charge is -2.06. The van der Waals surface area contributed by atoms with Crippen molar-refractivity contribution in [3.8, 4) is 5.95 Å². The van der Waals surface area contributed by atoms with E-state index >= 15 is 0 Å². The Balaban J connectivity index is 1.70. The number of benzene rings is 1. The molecule has 1 aliphatic heterocycles. The molecule has 1 saturated heterocycles. The highest BCUT2D eigenvalue weighted by molar-refractivity contribution is 5.84. The zero-order chi connectivity index (χ0) is 17.6. The van der Waals surface area contributed by atoms with Gasteiger partial charge in [-0.05, 0) is 43.1 Å². The molecule has 0 aliphatic carbocycles. The minimum Gasteiger partial charge on any atom is -0.337 e. The molecule has 0 amide bonds. The van der Waals surface area contributed by atoms with E-state index in [-0.39, 0.29) is 11.7 Å². The summed E-state index contributed by atoms with van der Waals surface area (Å²) in [6, 6.07) is 5.01. The summed E-state index contributed by atoms with van der Waals surface area (Å²) in [5.41, 5.74) is 1.23. The normalized spacial score (nSPS) is 18.7. The quantitative estimate of drug-likeness (QED) is 0.728. The van der Waals surface area contributed by atoms with E-state index in [0.29, 0.717) is 23.3 Å². The van der Waals surface area contributed by atoms with E-state index in [1.54, 1.807) is 6.07 Å². The summed E-state index contributed by atoms with van der Waals surface area (Å²) in [7, 11) is 2.12. The van der Waals surface area contributed by atoms with E-state index in [1.165, 1.54) is 10.7 Å². The molecule has 0 spiro atoms. The van der Waals surface area contributed by atoms with Crippen LogP contribution in [0.2, 0.25) is 0 Å².